The Hall–Kier alpha value is -2.65. The van der Waals surface area contributed by atoms with E-state index in [9.17, 15) is 9.90 Å². The Morgan fingerprint density at radius 2 is 2.00 bits per heavy atom. The van der Waals surface area contributed by atoms with E-state index in [1.54, 1.807) is 28.5 Å². The topological polar surface area (TPSA) is 91.8 Å². The standard InChI is InChI=1S/C24H26N4O3S2/c29-18-10-8-17(9-11-18)20-14-19(21-6-3-13-32-21)27-28(20)23(30)15-33-24-26-25-22(31-24)12-7-16-4-1-2-5-16/h3,6,8-11,13,16,20,29H,1-2,4-5,7,12,14-15H2. The maximum atomic E-state index is 13.2. The molecule has 33 heavy (non-hydrogen) atoms. The Kier molecular flexibility index (Phi) is 6.78. The first-order valence-corrected chi connectivity index (χ1v) is 13.2. The summed E-state index contributed by atoms with van der Waals surface area (Å²) in [5, 5.41) is 26.6. The zero-order valence-corrected chi connectivity index (χ0v) is 19.9. The van der Waals surface area contributed by atoms with Gasteiger partial charge in [0.25, 0.3) is 11.1 Å². The van der Waals surface area contributed by atoms with Crippen LogP contribution in [-0.4, -0.2) is 37.7 Å². The van der Waals surface area contributed by atoms with E-state index in [1.165, 1.54) is 37.4 Å². The molecule has 172 valence electrons. The Bertz CT molecular complexity index is 1110. The molecule has 2 aromatic heterocycles. The predicted octanol–water partition coefficient (Wildman–Crippen LogP) is 5.43. The van der Waals surface area contributed by atoms with Crippen molar-refractivity contribution >= 4 is 34.7 Å². The highest BCUT2D eigenvalue weighted by Gasteiger charge is 2.33. The van der Waals surface area contributed by atoms with Crippen molar-refractivity contribution in [1.29, 1.82) is 0 Å². The highest BCUT2D eigenvalue weighted by Crippen LogP contribution is 2.35. The molecule has 0 bridgehead atoms. The molecule has 0 spiro atoms. The number of phenols is 1. The van der Waals surface area contributed by atoms with Crippen molar-refractivity contribution in [2.75, 3.05) is 5.75 Å². The molecular formula is C24H26N4O3S2. The second kappa shape index (κ2) is 10.1. The summed E-state index contributed by atoms with van der Waals surface area (Å²) in [5.74, 6) is 1.68. The van der Waals surface area contributed by atoms with Crippen LogP contribution in [0.15, 0.2) is 56.5 Å². The minimum Gasteiger partial charge on any atom is -0.508 e. The maximum Gasteiger partial charge on any atom is 0.277 e. The predicted molar refractivity (Wildman–Crippen MR) is 128 cm³/mol. The molecule has 1 atom stereocenters. The van der Waals surface area contributed by atoms with Gasteiger partial charge in [0, 0.05) is 12.8 Å². The van der Waals surface area contributed by atoms with Gasteiger partial charge < -0.3 is 9.52 Å². The lowest BCUT2D eigenvalue weighted by atomic mass is 10.0. The molecule has 2 aliphatic rings. The fraction of sp³-hybridized carbons (Fsp3) is 0.417. The molecule has 7 nitrogen and oxygen atoms in total. The number of rotatable bonds is 8. The smallest absolute Gasteiger partial charge is 0.277 e. The van der Waals surface area contributed by atoms with Gasteiger partial charge in [-0.2, -0.15) is 5.10 Å². The van der Waals surface area contributed by atoms with Crippen molar-refractivity contribution in [2.24, 2.45) is 11.0 Å². The summed E-state index contributed by atoms with van der Waals surface area (Å²) in [7, 11) is 0. The number of amides is 1. The van der Waals surface area contributed by atoms with Crippen molar-refractivity contribution in [3.63, 3.8) is 0 Å². The van der Waals surface area contributed by atoms with E-state index in [-0.39, 0.29) is 23.5 Å². The summed E-state index contributed by atoms with van der Waals surface area (Å²) in [5.41, 5.74) is 1.84. The fourth-order valence-corrected chi connectivity index (χ4v) is 5.86. The van der Waals surface area contributed by atoms with E-state index in [2.05, 4.69) is 15.3 Å². The first kappa shape index (κ1) is 22.2. The number of hydrogen-bond acceptors (Lipinski definition) is 8. The van der Waals surface area contributed by atoms with Gasteiger partial charge in [-0.3, -0.25) is 4.79 Å². The van der Waals surface area contributed by atoms with Crippen LogP contribution in [0, 0.1) is 5.92 Å². The number of thiophene rings is 1. The van der Waals surface area contributed by atoms with Gasteiger partial charge in [-0.05, 0) is 41.5 Å². The van der Waals surface area contributed by atoms with Gasteiger partial charge in [-0.1, -0.05) is 55.6 Å². The number of hydrazone groups is 1. The molecule has 1 aliphatic carbocycles. The molecule has 3 aromatic rings. The number of carbonyl (C=O) groups excluding carboxylic acids is 1. The average Bonchev–Trinajstić information content (AvgIpc) is 3.62. The number of hydrogen-bond donors (Lipinski definition) is 1. The number of aromatic hydroxyl groups is 1. The van der Waals surface area contributed by atoms with Gasteiger partial charge in [-0.15, -0.1) is 21.5 Å². The molecule has 1 N–H and O–H groups in total. The molecule has 1 aliphatic heterocycles. The molecule has 1 saturated carbocycles. The molecular weight excluding hydrogens is 456 g/mol. The summed E-state index contributed by atoms with van der Waals surface area (Å²) in [6, 6.07) is 10.8. The van der Waals surface area contributed by atoms with Crippen LogP contribution in [0.2, 0.25) is 0 Å². The van der Waals surface area contributed by atoms with Crippen LogP contribution in [0.25, 0.3) is 0 Å². The molecule has 5 rings (SSSR count). The van der Waals surface area contributed by atoms with Crippen molar-refractivity contribution in [3.05, 3.63) is 58.1 Å². The van der Waals surface area contributed by atoms with Gasteiger partial charge >= 0.3 is 0 Å². The van der Waals surface area contributed by atoms with Crippen molar-refractivity contribution < 1.29 is 14.3 Å². The monoisotopic (exact) mass is 482 g/mol. The Morgan fingerprint density at radius 1 is 1.18 bits per heavy atom. The lowest BCUT2D eigenvalue weighted by Gasteiger charge is -2.21. The van der Waals surface area contributed by atoms with Crippen molar-refractivity contribution in [1.82, 2.24) is 15.2 Å². The van der Waals surface area contributed by atoms with Crippen molar-refractivity contribution in [3.8, 4) is 5.75 Å². The van der Waals surface area contributed by atoms with Gasteiger partial charge in [-0.25, -0.2) is 5.01 Å². The van der Waals surface area contributed by atoms with E-state index < -0.39 is 0 Å². The number of benzene rings is 1. The van der Waals surface area contributed by atoms with E-state index in [0.717, 1.165) is 34.9 Å². The van der Waals surface area contributed by atoms with E-state index in [0.29, 0.717) is 17.5 Å². The molecule has 9 heteroatoms. The van der Waals surface area contributed by atoms with E-state index >= 15 is 0 Å². The third-order valence-electron chi connectivity index (χ3n) is 6.26. The van der Waals surface area contributed by atoms with Crippen LogP contribution in [0.3, 0.4) is 0 Å². The van der Waals surface area contributed by atoms with Crippen LogP contribution >= 0.6 is 23.1 Å². The Labute approximate surface area is 200 Å². The molecule has 0 saturated heterocycles. The summed E-state index contributed by atoms with van der Waals surface area (Å²) < 4.78 is 5.77. The molecule has 1 aromatic carbocycles. The normalized spacial score (nSPS) is 18.7. The summed E-state index contributed by atoms with van der Waals surface area (Å²) in [6.07, 6.45) is 7.79. The van der Waals surface area contributed by atoms with Gasteiger partial charge in [0.1, 0.15) is 5.75 Å². The van der Waals surface area contributed by atoms with E-state index in [1.807, 2.05) is 29.6 Å². The zero-order chi connectivity index (χ0) is 22.6. The number of carbonyl (C=O) groups is 1. The average molecular weight is 483 g/mol. The Balaban J connectivity index is 1.24. The number of thioether (sulfide) groups is 1. The van der Waals surface area contributed by atoms with Crippen LogP contribution < -0.4 is 0 Å². The molecule has 3 heterocycles. The maximum absolute atomic E-state index is 13.2. The van der Waals surface area contributed by atoms with Gasteiger partial charge in [0.2, 0.25) is 5.89 Å². The van der Waals surface area contributed by atoms with Crippen LogP contribution in [0.4, 0.5) is 0 Å². The van der Waals surface area contributed by atoms with Crippen LogP contribution in [-0.2, 0) is 11.2 Å². The minimum atomic E-state index is -0.208. The number of phenolic OH excluding ortho intramolecular Hbond substituents is 1. The highest BCUT2D eigenvalue weighted by molar-refractivity contribution is 7.99. The van der Waals surface area contributed by atoms with E-state index in [4.69, 9.17) is 4.42 Å². The lowest BCUT2D eigenvalue weighted by molar-refractivity contribution is -0.130. The SMILES string of the molecule is O=C(CSc1nnc(CCC2CCCC2)o1)N1N=C(c2cccs2)CC1c1ccc(O)cc1. The Morgan fingerprint density at radius 3 is 2.76 bits per heavy atom. The quantitative estimate of drug-likeness (QED) is 0.431. The van der Waals surface area contributed by atoms with Crippen LogP contribution in [0.1, 0.15) is 60.9 Å². The largest absolute Gasteiger partial charge is 0.508 e. The summed E-state index contributed by atoms with van der Waals surface area (Å²) in [6.45, 7) is 0. The number of aryl methyl sites for hydroxylation is 1. The third-order valence-corrected chi connectivity index (χ3v) is 7.98. The van der Waals surface area contributed by atoms with Crippen molar-refractivity contribution in [2.45, 2.75) is 56.2 Å². The zero-order valence-electron chi connectivity index (χ0n) is 18.2. The molecule has 1 amide bonds. The highest BCUT2D eigenvalue weighted by atomic mass is 32.2. The first-order chi connectivity index (χ1) is 16.2. The van der Waals surface area contributed by atoms with Gasteiger partial charge in [0.15, 0.2) is 0 Å². The fourth-order valence-electron chi connectivity index (χ4n) is 4.50. The lowest BCUT2D eigenvalue weighted by Crippen LogP contribution is -2.28. The minimum absolute atomic E-state index is 0.115. The first-order valence-electron chi connectivity index (χ1n) is 11.3. The second-order valence-electron chi connectivity index (χ2n) is 8.51. The third kappa shape index (κ3) is 5.30. The summed E-state index contributed by atoms with van der Waals surface area (Å²) >= 11 is 2.87. The van der Waals surface area contributed by atoms with Crippen LogP contribution in [0.5, 0.6) is 5.75 Å². The number of nitrogens with zero attached hydrogens (tertiary/aromatic N) is 4. The molecule has 0 radical (unpaired) electrons. The van der Waals surface area contributed by atoms with Gasteiger partial charge in [0.05, 0.1) is 22.4 Å². The second-order valence-corrected chi connectivity index (χ2v) is 10.4. The number of aromatic nitrogens is 2. The molecule has 1 fully saturated rings. The summed E-state index contributed by atoms with van der Waals surface area (Å²) in [4.78, 5) is 14.2. The molecule has 1 unspecified atom stereocenters.